The van der Waals surface area contributed by atoms with E-state index in [0.29, 0.717) is 11.3 Å². The van der Waals surface area contributed by atoms with Gasteiger partial charge in [-0.15, -0.1) is 0 Å². The van der Waals surface area contributed by atoms with E-state index in [2.05, 4.69) is 0 Å². The molecule has 112 valence electrons. The summed E-state index contributed by atoms with van der Waals surface area (Å²) < 4.78 is 5.55. The molecule has 0 unspecified atom stereocenters. The molecule has 0 bridgehead atoms. The van der Waals surface area contributed by atoms with Crippen LogP contribution in [0.15, 0.2) is 54.7 Å². The van der Waals surface area contributed by atoms with Crippen molar-refractivity contribution in [3.63, 3.8) is 0 Å². The number of non-ortho nitro benzene ring substituents is 1. The van der Waals surface area contributed by atoms with Gasteiger partial charge in [0.25, 0.3) is 5.69 Å². The van der Waals surface area contributed by atoms with E-state index in [9.17, 15) is 20.2 Å². The molecule has 0 aromatic heterocycles. The van der Waals surface area contributed by atoms with Crippen LogP contribution < -0.4 is 4.74 Å². The summed E-state index contributed by atoms with van der Waals surface area (Å²) in [4.78, 5) is 19.8. The van der Waals surface area contributed by atoms with Gasteiger partial charge < -0.3 is 4.74 Å². The summed E-state index contributed by atoms with van der Waals surface area (Å²) in [7, 11) is 0. The first-order valence-electron chi connectivity index (χ1n) is 6.32. The Morgan fingerprint density at radius 2 is 1.59 bits per heavy atom. The molecular weight excluding hydrogens is 288 g/mol. The van der Waals surface area contributed by atoms with Gasteiger partial charge in [-0.2, -0.15) is 0 Å². The van der Waals surface area contributed by atoms with Crippen molar-refractivity contribution in [2.75, 3.05) is 0 Å². The minimum atomic E-state index is -0.529. The average molecular weight is 300 g/mol. The molecule has 0 saturated heterocycles. The van der Waals surface area contributed by atoms with E-state index in [4.69, 9.17) is 4.74 Å². The number of nitrogens with zero attached hydrogens (tertiary/aromatic N) is 2. The molecular formula is C15H12N2O5. The van der Waals surface area contributed by atoms with Gasteiger partial charge in [-0.3, -0.25) is 20.2 Å². The zero-order chi connectivity index (χ0) is 15.9. The van der Waals surface area contributed by atoms with E-state index in [-0.39, 0.29) is 12.3 Å². The molecule has 0 atom stereocenters. The van der Waals surface area contributed by atoms with Crippen LogP contribution in [0.1, 0.15) is 11.1 Å². The lowest BCUT2D eigenvalue weighted by molar-refractivity contribution is -0.400. The first-order valence-corrected chi connectivity index (χ1v) is 6.32. The lowest BCUT2D eigenvalue weighted by atomic mass is 10.2. The van der Waals surface area contributed by atoms with Crippen LogP contribution in [0, 0.1) is 20.2 Å². The van der Waals surface area contributed by atoms with Crippen LogP contribution in [-0.4, -0.2) is 9.85 Å². The van der Waals surface area contributed by atoms with Crippen molar-refractivity contribution in [3.8, 4) is 5.75 Å². The molecule has 0 aliphatic carbocycles. The first kappa shape index (κ1) is 15.2. The van der Waals surface area contributed by atoms with Crippen molar-refractivity contribution >= 4 is 11.8 Å². The molecule has 7 nitrogen and oxygen atoms in total. The molecule has 0 aliphatic rings. The van der Waals surface area contributed by atoms with E-state index in [1.165, 1.54) is 18.2 Å². The largest absolute Gasteiger partial charge is 0.489 e. The number of hydrogen-bond acceptors (Lipinski definition) is 5. The highest BCUT2D eigenvalue weighted by atomic mass is 16.6. The monoisotopic (exact) mass is 300 g/mol. The molecule has 0 spiro atoms. The van der Waals surface area contributed by atoms with Crippen molar-refractivity contribution in [2.45, 2.75) is 6.61 Å². The van der Waals surface area contributed by atoms with E-state index in [0.717, 1.165) is 11.8 Å². The number of nitro groups is 2. The second-order valence-corrected chi connectivity index (χ2v) is 4.38. The topological polar surface area (TPSA) is 95.5 Å². The highest BCUT2D eigenvalue weighted by molar-refractivity contribution is 5.49. The quantitative estimate of drug-likeness (QED) is 0.601. The summed E-state index contributed by atoms with van der Waals surface area (Å²) in [5.74, 6) is 0.608. The Hall–Kier alpha value is -3.22. The SMILES string of the molecule is O=[N+]([O-])/C=C\c1ccc(OCc2ccc([N+](=O)[O-])cc2)cc1. The molecule has 0 saturated carbocycles. The maximum absolute atomic E-state index is 10.5. The molecule has 0 aliphatic heterocycles. The lowest BCUT2D eigenvalue weighted by Crippen LogP contribution is -1.96. The maximum Gasteiger partial charge on any atom is 0.269 e. The summed E-state index contributed by atoms with van der Waals surface area (Å²) in [6.45, 7) is 0.280. The third kappa shape index (κ3) is 4.41. The molecule has 7 heteroatoms. The minimum Gasteiger partial charge on any atom is -0.489 e. The van der Waals surface area contributed by atoms with Gasteiger partial charge in [0.2, 0.25) is 6.20 Å². The number of hydrogen-bond donors (Lipinski definition) is 0. The first-order chi connectivity index (χ1) is 10.5. The van der Waals surface area contributed by atoms with Crippen LogP contribution >= 0.6 is 0 Å². The second kappa shape index (κ2) is 6.98. The Kier molecular flexibility index (Phi) is 4.81. The fraction of sp³-hybridized carbons (Fsp3) is 0.0667. The summed E-state index contributed by atoms with van der Waals surface area (Å²) in [6.07, 6.45) is 2.26. The molecule has 0 fully saturated rings. The zero-order valence-corrected chi connectivity index (χ0v) is 11.4. The molecule has 22 heavy (non-hydrogen) atoms. The van der Waals surface area contributed by atoms with Gasteiger partial charge in [-0.1, -0.05) is 12.1 Å². The molecule has 2 aromatic carbocycles. The Morgan fingerprint density at radius 3 is 2.14 bits per heavy atom. The number of ether oxygens (including phenoxy) is 1. The smallest absolute Gasteiger partial charge is 0.269 e. The van der Waals surface area contributed by atoms with E-state index < -0.39 is 9.85 Å². The van der Waals surface area contributed by atoms with Gasteiger partial charge in [-0.05, 0) is 35.4 Å². The Morgan fingerprint density at radius 1 is 0.955 bits per heavy atom. The Bertz CT molecular complexity index is 693. The van der Waals surface area contributed by atoms with Crippen LogP contribution in [0.3, 0.4) is 0 Å². The van der Waals surface area contributed by atoms with Crippen molar-refractivity contribution < 1.29 is 14.6 Å². The van der Waals surface area contributed by atoms with Gasteiger partial charge in [0.15, 0.2) is 0 Å². The number of benzene rings is 2. The van der Waals surface area contributed by atoms with E-state index in [1.54, 1.807) is 36.4 Å². The van der Waals surface area contributed by atoms with Crippen molar-refractivity contribution in [3.05, 3.63) is 86.1 Å². The van der Waals surface area contributed by atoms with Crippen molar-refractivity contribution in [1.82, 2.24) is 0 Å². The van der Waals surface area contributed by atoms with Crippen LogP contribution in [0.4, 0.5) is 5.69 Å². The standard InChI is InChI=1S/C15H12N2O5/c18-16(19)10-9-12-3-7-15(8-4-12)22-11-13-1-5-14(6-2-13)17(20)21/h1-10H,11H2/b10-9-. The highest BCUT2D eigenvalue weighted by Gasteiger charge is 2.04. The van der Waals surface area contributed by atoms with Gasteiger partial charge in [0.1, 0.15) is 12.4 Å². The van der Waals surface area contributed by atoms with Gasteiger partial charge >= 0.3 is 0 Å². The summed E-state index contributed by atoms with van der Waals surface area (Å²) in [6, 6.07) is 12.9. The van der Waals surface area contributed by atoms with Crippen LogP contribution in [0.2, 0.25) is 0 Å². The fourth-order valence-electron chi connectivity index (χ4n) is 1.70. The number of rotatable bonds is 6. The molecule has 0 radical (unpaired) electrons. The minimum absolute atomic E-state index is 0.0330. The lowest BCUT2D eigenvalue weighted by Gasteiger charge is -2.06. The maximum atomic E-state index is 10.5. The molecule has 2 aromatic rings. The Balaban J connectivity index is 1.94. The van der Waals surface area contributed by atoms with Crippen molar-refractivity contribution in [2.24, 2.45) is 0 Å². The predicted octanol–water partition coefficient (Wildman–Crippen LogP) is 3.42. The number of nitro benzene ring substituents is 1. The molecule has 2 rings (SSSR count). The van der Waals surface area contributed by atoms with Crippen LogP contribution in [-0.2, 0) is 6.61 Å². The normalized spacial score (nSPS) is 10.5. The van der Waals surface area contributed by atoms with Gasteiger partial charge in [0, 0.05) is 18.2 Å². The van der Waals surface area contributed by atoms with E-state index in [1.807, 2.05) is 0 Å². The van der Waals surface area contributed by atoms with Crippen LogP contribution in [0.5, 0.6) is 5.75 Å². The third-order valence-electron chi connectivity index (χ3n) is 2.82. The van der Waals surface area contributed by atoms with Crippen molar-refractivity contribution in [1.29, 1.82) is 0 Å². The third-order valence-corrected chi connectivity index (χ3v) is 2.82. The van der Waals surface area contributed by atoms with E-state index >= 15 is 0 Å². The van der Waals surface area contributed by atoms with Crippen LogP contribution in [0.25, 0.3) is 6.08 Å². The fourth-order valence-corrected chi connectivity index (χ4v) is 1.70. The average Bonchev–Trinajstić information content (AvgIpc) is 2.52. The Labute approximate surface area is 125 Å². The van der Waals surface area contributed by atoms with Gasteiger partial charge in [0.05, 0.1) is 9.85 Å². The summed E-state index contributed by atoms with van der Waals surface area (Å²) >= 11 is 0. The predicted molar refractivity (Wildman–Crippen MR) is 79.9 cm³/mol. The second-order valence-electron chi connectivity index (χ2n) is 4.38. The molecule has 0 heterocycles. The zero-order valence-electron chi connectivity index (χ0n) is 11.4. The highest BCUT2D eigenvalue weighted by Crippen LogP contribution is 2.17. The summed E-state index contributed by atoms with van der Waals surface area (Å²) in [5, 5.41) is 20.8. The molecule has 0 amide bonds. The molecule has 0 N–H and O–H groups in total. The van der Waals surface area contributed by atoms with Gasteiger partial charge in [-0.25, -0.2) is 0 Å². The summed E-state index contributed by atoms with van der Waals surface area (Å²) in [5.41, 5.74) is 1.54.